The number of aromatic nitrogens is 2. The maximum Gasteiger partial charge on any atom is 0.109 e. The largest absolute Gasteiger partial charge is 0.345 e. The Morgan fingerprint density at radius 2 is 2.24 bits per heavy atom. The van der Waals surface area contributed by atoms with Gasteiger partial charge in [0.15, 0.2) is 0 Å². The van der Waals surface area contributed by atoms with E-state index in [-0.39, 0.29) is 0 Å². The van der Waals surface area contributed by atoms with Gasteiger partial charge in [-0.05, 0) is 34.6 Å². The van der Waals surface area contributed by atoms with E-state index >= 15 is 0 Å². The van der Waals surface area contributed by atoms with Gasteiger partial charge in [0.1, 0.15) is 11.5 Å². The number of hydrogen-bond donors (Lipinski definition) is 2. The van der Waals surface area contributed by atoms with Crippen molar-refractivity contribution < 1.29 is 0 Å². The van der Waals surface area contributed by atoms with Crippen molar-refractivity contribution >= 4 is 27.3 Å². The number of rotatable bonds is 4. The van der Waals surface area contributed by atoms with Crippen LogP contribution in [0.15, 0.2) is 15.9 Å². The minimum Gasteiger partial charge on any atom is -0.345 e. The molecule has 3 N–H and O–H groups in total. The number of nitrogens with zero attached hydrogens (tertiary/aromatic N) is 1. The quantitative estimate of drug-likeness (QED) is 0.907. The Hall–Kier alpha value is -0.650. The lowest BCUT2D eigenvalue weighted by molar-refractivity contribution is 0.786. The van der Waals surface area contributed by atoms with E-state index < -0.39 is 0 Å². The molecule has 3 nitrogen and oxygen atoms in total. The van der Waals surface area contributed by atoms with Crippen LogP contribution in [0.5, 0.6) is 0 Å². The molecule has 0 saturated heterocycles. The van der Waals surface area contributed by atoms with Gasteiger partial charge >= 0.3 is 0 Å². The average Bonchev–Trinajstić information content (AvgIpc) is 2.85. The summed E-state index contributed by atoms with van der Waals surface area (Å²) in [5.41, 5.74) is 7.84. The topological polar surface area (TPSA) is 54.7 Å². The highest BCUT2D eigenvalue weighted by atomic mass is 79.9. The van der Waals surface area contributed by atoms with Gasteiger partial charge in [0.2, 0.25) is 0 Å². The van der Waals surface area contributed by atoms with Crippen LogP contribution in [0.1, 0.15) is 31.3 Å². The SMILES string of the molecule is CC(C)c1nc(-c2ccc(Br)s2)c(CCN)[nH]1. The van der Waals surface area contributed by atoms with Crippen LogP contribution in [0.2, 0.25) is 0 Å². The molecule has 0 amide bonds. The molecule has 0 aliphatic heterocycles. The number of aromatic amines is 1. The first-order valence-electron chi connectivity index (χ1n) is 5.66. The minimum absolute atomic E-state index is 0.406. The summed E-state index contributed by atoms with van der Waals surface area (Å²) in [6.45, 7) is 4.91. The van der Waals surface area contributed by atoms with E-state index in [0.717, 1.165) is 27.4 Å². The number of thiophene rings is 1. The predicted molar refractivity (Wildman–Crippen MR) is 76.4 cm³/mol. The van der Waals surface area contributed by atoms with Crippen LogP contribution < -0.4 is 5.73 Å². The number of nitrogens with two attached hydrogens (primary N) is 1. The third kappa shape index (κ3) is 2.78. The summed E-state index contributed by atoms with van der Waals surface area (Å²) in [5, 5.41) is 0. The fraction of sp³-hybridized carbons (Fsp3) is 0.417. The van der Waals surface area contributed by atoms with Crippen molar-refractivity contribution in [2.75, 3.05) is 6.54 Å². The molecule has 0 bridgehead atoms. The molecule has 0 spiro atoms. The fourth-order valence-electron chi connectivity index (χ4n) is 1.67. The summed E-state index contributed by atoms with van der Waals surface area (Å²) in [4.78, 5) is 9.26. The van der Waals surface area contributed by atoms with Gasteiger partial charge < -0.3 is 10.7 Å². The van der Waals surface area contributed by atoms with Gasteiger partial charge in [-0.15, -0.1) is 11.3 Å². The van der Waals surface area contributed by atoms with Crippen molar-refractivity contribution in [3.63, 3.8) is 0 Å². The lowest BCUT2D eigenvalue weighted by Gasteiger charge is -1.97. The van der Waals surface area contributed by atoms with E-state index in [2.05, 4.69) is 46.9 Å². The van der Waals surface area contributed by atoms with E-state index in [0.29, 0.717) is 12.5 Å². The van der Waals surface area contributed by atoms with Gasteiger partial charge in [0.25, 0.3) is 0 Å². The molecule has 2 heterocycles. The standard InChI is InChI=1S/C12H16BrN3S/c1-7(2)12-15-8(5-6-14)11(16-12)9-3-4-10(13)17-9/h3-4,7H,5-6,14H2,1-2H3,(H,15,16). The Kier molecular flexibility index (Phi) is 4.01. The number of hydrogen-bond acceptors (Lipinski definition) is 3. The minimum atomic E-state index is 0.406. The van der Waals surface area contributed by atoms with E-state index in [9.17, 15) is 0 Å². The maximum absolute atomic E-state index is 5.64. The summed E-state index contributed by atoms with van der Waals surface area (Å²) in [6.07, 6.45) is 0.838. The first-order chi connectivity index (χ1) is 8.11. The second-order valence-corrected chi connectivity index (χ2v) is 6.71. The van der Waals surface area contributed by atoms with Crippen molar-refractivity contribution in [2.45, 2.75) is 26.2 Å². The molecule has 2 aromatic heterocycles. The second kappa shape index (κ2) is 5.33. The molecule has 17 heavy (non-hydrogen) atoms. The molecule has 0 atom stereocenters. The third-order valence-corrected chi connectivity index (χ3v) is 4.18. The Balaban J connectivity index is 2.43. The van der Waals surface area contributed by atoms with Crippen molar-refractivity contribution in [2.24, 2.45) is 5.73 Å². The molecule has 2 rings (SSSR count). The zero-order chi connectivity index (χ0) is 12.4. The van der Waals surface area contributed by atoms with Crippen LogP contribution in [-0.4, -0.2) is 16.5 Å². The summed E-state index contributed by atoms with van der Waals surface area (Å²) >= 11 is 5.18. The van der Waals surface area contributed by atoms with Crippen LogP contribution in [0.25, 0.3) is 10.6 Å². The molecule has 0 radical (unpaired) electrons. The smallest absolute Gasteiger partial charge is 0.109 e. The van der Waals surface area contributed by atoms with Crippen molar-refractivity contribution in [3.05, 3.63) is 27.4 Å². The summed E-state index contributed by atoms with van der Waals surface area (Å²) in [5.74, 6) is 1.44. The average molecular weight is 314 g/mol. The maximum atomic E-state index is 5.64. The van der Waals surface area contributed by atoms with E-state index in [1.807, 2.05) is 0 Å². The van der Waals surface area contributed by atoms with Gasteiger partial charge in [-0.1, -0.05) is 13.8 Å². The lowest BCUT2D eigenvalue weighted by atomic mass is 10.2. The summed E-state index contributed by atoms with van der Waals surface area (Å²) in [7, 11) is 0. The normalized spacial score (nSPS) is 11.4. The Labute approximate surface area is 114 Å². The predicted octanol–water partition coefficient (Wildman–Crippen LogP) is 3.53. The van der Waals surface area contributed by atoms with E-state index in [1.54, 1.807) is 11.3 Å². The van der Waals surface area contributed by atoms with Gasteiger partial charge in [0.05, 0.1) is 8.66 Å². The zero-order valence-electron chi connectivity index (χ0n) is 9.96. The monoisotopic (exact) mass is 313 g/mol. The van der Waals surface area contributed by atoms with Gasteiger partial charge in [-0.2, -0.15) is 0 Å². The third-order valence-electron chi connectivity index (χ3n) is 2.54. The first kappa shape index (κ1) is 12.8. The van der Waals surface area contributed by atoms with Crippen LogP contribution in [0.3, 0.4) is 0 Å². The highest BCUT2D eigenvalue weighted by Crippen LogP contribution is 2.33. The van der Waals surface area contributed by atoms with E-state index in [4.69, 9.17) is 10.7 Å². The number of H-pyrrole nitrogens is 1. The Bertz CT molecular complexity index is 502. The highest BCUT2D eigenvalue weighted by molar-refractivity contribution is 9.11. The number of halogens is 1. The Morgan fingerprint density at radius 3 is 2.76 bits per heavy atom. The fourth-order valence-corrected chi connectivity index (χ4v) is 3.08. The molecular weight excluding hydrogens is 298 g/mol. The Morgan fingerprint density at radius 1 is 1.47 bits per heavy atom. The number of nitrogens with one attached hydrogen (secondary N) is 1. The molecule has 0 unspecified atom stereocenters. The molecule has 92 valence electrons. The molecule has 0 fully saturated rings. The molecule has 0 aromatic carbocycles. The van der Waals surface area contributed by atoms with Crippen LogP contribution in [0.4, 0.5) is 0 Å². The van der Waals surface area contributed by atoms with Crippen LogP contribution in [-0.2, 0) is 6.42 Å². The highest BCUT2D eigenvalue weighted by Gasteiger charge is 2.14. The molecule has 0 aliphatic rings. The van der Waals surface area contributed by atoms with Crippen molar-refractivity contribution in [1.82, 2.24) is 9.97 Å². The van der Waals surface area contributed by atoms with Gasteiger partial charge in [-0.3, -0.25) is 0 Å². The lowest BCUT2D eigenvalue weighted by Crippen LogP contribution is -2.04. The second-order valence-electron chi connectivity index (χ2n) is 4.25. The van der Waals surface area contributed by atoms with Crippen molar-refractivity contribution in [1.29, 1.82) is 0 Å². The van der Waals surface area contributed by atoms with Crippen LogP contribution >= 0.6 is 27.3 Å². The molecule has 0 saturated carbocycles. The van der Waals surface area contributed by atoms with Gasteiger partial charge in [0, 0.05) is 18.0 Å². The molecule has 0 aliphatic carbocycles. The summed E-state index contributed by atoms with van der Waals surface area (Å²) in [6, 6.07) is 4.14. The molecular formula is C12H16BrN3S. The van der Waals surface area contributed by atoms with Crippen molar-refractivity contribution in [3.8, 4) is 10.6 Å². The van der Waals surface area contributed by atoms with Gasteiger partial charge in [-0.25, -0.2) is 4.98 Å². The molecule has 5 heteroatoms. The zero-order valence-corrected chi connectivity index (χ0v) is 12.4. The molecule has 2 aromatic rings. The summed E-state index contributed by atoms with van der Waals surface area (Å²) < 4.78 is 1.13. The number of imidazole rings is 1. The van der Waals surface area contributed by atoms with Crippen LogP contribution in [0, 0.1) is 0 Å². The first-order valence-corrected chi connectivity index (χ1v) is 7.27. The van der Waals surface area contributed by atoms with E-state index in [1.165, 1.54) is 4.88 Å².